The highest BCUT2D eigenvalue weighted by molar-refractivity contribution is 7.91. The van der Waals surface area contributed by atoms with Crippen molar-refractivity contribution >= 4 is 15.7 Å². The minimum Gasteiger partial charge on any atom is -0.389 e. The maximum Gasteiger partial charge on any atom is 0.223 e. The van der Waals surface area contributed by atoms with Crippen LogP contribution in [0.15, 0.2) is 29.2 Å². The molecule has 0 saturated heterocycles. The van der Waals surface area contributed by atoms with Crippen molar-refractivity contribution in [2.75, 3.05) is 39.2 Å². The molecule has 0 spiro atoms. The molecule has 1 aromatic rings. The molecule has 8 heteroatoms. The Labute approximate surface area is 162 Å². The number of amides is 1. The molecule has 27 heavy (non-hydrogen) atoms. The molecule has 1 rings (SSSR count). The van der Waals surface area contributed by atoms with E-state index in [0.29, 0.717) is 13.2 Å². The van der Waals surface area contributed by atoms with Crippen LogP contribution in [0.4, 0.5) is 0 Å². The fraction of sp³-hybridized carbons (Fsp3) is 0.632. The summed E-state index contributed by atoms with van der Waals surface area (Å²) in [6, 6.07) is 6.54. The van der Waals surface area contributed by atoms with Gasteiger partial charge < -0.3 is 19.5 Å². The van der Waals surface area contributed by atoms with E-state index in [-0.39, 0.29) is 42.2 Å². The zero-order valence-electron chi connectivity index (χ0n) is 16.6. The largest absolute Gasteiger partial charge is 0.389 e. The number of aliphatic hydroxyl groups excluding tert-OH is 1. The molecule has 154 valence electrons. The molecule has 1 N–H and O–H groups in total. The standard InChI is InChI=1S/C19H31NO6S/c1-15(2)26-11-10-25-14-17(21)13-20(4)19(22)9-12-27(23,24)18-7-5-16(3)6-8-18/h5-8,15,17,21H,9-14H2,1-4H3/t17-/m0/s1. The van der Waals surface area contributed by atoms with Crippen LogP contribution in [-0.2, 0) is 24.1 Å². The van der Waals surface area contributed by atoms with E-state index in [1.807, 2.05) is 20.8 Å². The highest BCUT2D eigenvalue weighted by Crippen LogP contribution is 2.13. The minimum atomic E-state index is -3.51. The predicted octanol–water partition coefficient (Wildman–Crippen LogP) is 1.42. The number of aliphatic hydroxyl groups is 1. The van der Waals surface area contributed by atoms with Gasteiger partial charge in [0.1, 0.15) is 0 Å². The Bertz CT molecular complexity index is 672. The molecule has 0 aliphatic rings. The van der Waals surface area contributed by atoms with Crippen molar-refractivity contribution in [2.24, 2.45) is 0 Å². The third-order valence-corrected chi connectivity index (χ3v) is 5.60. The molecule has 0 fully saturated rings. The number of likely N-dealkylation sites (N-methyl/N-ethyl adjacent to an activating group) is 1. The lowest BCUT2D eigenvalue weighted by Gasteiger charge is -2.21. The molecule has 0 bridgehead atoms. The van der Waals surface area contributed by atoms with Gasteiger partial charge in [0.05, 0.1) is 42.7 Å². The first kappa shape index (κ1) is 23.6. The Kier molecular flexibility index (Phi) is 9.93. The molecule has 0 saturated carbocycles. The van der Waals surface area contributed by atoms with E-state index in [9.17, 15) is 18.3 Å². The van der Waals surface area contributed by atoms with E-state index in [4.69, 9.17) is 9.47 Å². The highest BCUT2D eigenvalue weighted by atomic mass is 32.2. The first-order valence-corrected chi connectivity index (χ1v) is 10.7. The lowest BCUT2D eigenvalue weighted by Crippen LogP contribution is -2.37. The Balaban J connectivity index is 2.35. The summed E-state index contributed by atoms with van der Waals surface area (Å²) in [6.07, 6.45) is -0.854. The third kappa shape index (κ3) is 9.32. The summed E-state index contributed by atoms with van der Waals surface area (Å²) in [6.45, 7) is 6.69. The quantitative estimate of drug-likeness (QED) is 0.533. The highest BCUT2D eigenvalue weighted by Gasteiger charge is 2.19. The van der Waals surface area contributed by atoms with Crippen LogP contribution in [0, 0.1) is 6.92 Å². The number of hydrogen-bond acceptors (Lipinski definition) is 6. The SMILES string of the molecule is Cc1ccc(S(=O)(=O)CCC(=O)N(C)C[C@H](O)COCCOC(C)C)cc1. The summed E-state index contributed by atoms with van der Waals surface area (Å²) in [5.74, 6) is -0.605. The number of sulfone groups is 1. The van der Waals surface area contributed by atoms with Gasteiger partial charge in [-0.25, -0.2) is 8.42 Å². The van der Waals surface area contributed by atoms with Crippen molar-refractivity contribution in [3.8, 4) is 0 Å². The van der Waals surface area contributed by atoms with Crippen molar-refractivity contribution in [2.45, 2.75) is 44.3 Å². The fourth-order valence-electron chi connectivity index (χ4n) is 2.31. The zero-order valence-corrected chi connectivity index (χ0v) is 17.4. The van der Waals surface area contributed by atoms with Crippen LogP contribution in [0.25, 0.3) is 0 Å². The molecule has 1 aromatic carbocycles. The van der Waals surface area contributed by atoms with Crippen LogP contribution in [0.1, 0.15) is 25.8 Å². The summed E-state index contributed by atoms with van der Waals surface area (Å²) in [7, 11) is -1.98. The molecule has 0 heterocycles. The minimum absolute atomic E-state index is 0.0778. The number of nitrogens with zero attached hydrogens (tertiary/aromatic N) is 1. The Hall–Kier alpha value is -1.48. The summed E-state index contributed by atoms with van der Waals surface area (Å²) in [5.41, 5.74) is 0.969. The molecule has 7 nitrogen and oxygen atoms in total. The third-order valence-electron chi connectivity index (χ3n) is 3.86. The monoisotopic (exact) mass is 401 g/mol. The van der Waals surface area contributed by atoms with Gasteiger partial charge in [-0.15, -0.1) is 0 Å². The summed E-state index contributed by atoms with van der Waals surface area (Å²) in [4.78, 5) is 13.7. The van der Waals surface area contributed by atoms with Crippen molar-refractivity contribution in [3.05, 3.63) is 29.8 Å². The second-order valence-electron chi connectivity index (χ2n) is 6.80. The normalized spacial score (nSPS) is 13.0. The molecule has 0 aliphatic heterocycles. The molecule has 0 aliphatic carbocycles. The lowest BCUT2D eigenvalue weighted by molar-refractivity contribution is -0.131. The van der Waals surface area contributed by atoms with Gasteiger partial charge in [-0.2, -0.15) is 0 Å². The van der Waals surface area contributed by atoms with Crippen LogP contribution in [0.3, 0.4) is 0 Å². The van der Waals surface area contributed by atoms with E-state index in [1.54, 1.807) is 24.3 Å². The van der Waals surface area contributed by atoms with Crippen LogP contribution in [-0.4, -0.2) is 75.7 Å². The van der Waals surface area contributed by atoms with Gasteiger partial charge in [0.2, 0.25) is 5.91 Å². The zero-order chi connectivity index (χ0) is 20.4. The second-order valence-corrected chi connectivity index (χ2v) is 8.91. The predicted molar refractivity (Wildman–Crippen MR) is 103 cm³/mol. The molecule has 1 atom stereocenters. The van der Waals surface area contributed by atoms with E-state index >= 15 is 0 Å². The summed E-state index contributed by atoms with van der Waals surface area (Å²) in [5, 5.41) is 9.93. The van der Waals surface area contributed by atoms with Gasteiger partial charge in [0.25, 0.3) is 0 Å². The number of carbonyl (C=O) groups excluding carboxylic acids is 1. The summed E-state index contributed by atoms with van der Waals surface area (Å²) < 4.78 is 35.2. The van der Waals surface area contributed by atoms with E-state index in [2.05, 4.69) is 0 Å². The van der Waals surface area contributed by atoms with E-state index in [1.165, 1.54) is 11.9 Å². The Morgan fingerprint density at radius 3 is 2.41 bits per heavy atom. The molecule has 0 unspecified atom stereocenters. The number of ether oxygens (including phenoxy) is 2. The van der Waals surface area contributed by atoms with Crippen molar-refractivity contribution in [3.63, 3.8) is 0 Å². The van der Waals surface area contributed by atoms with Gasteiger partial charge in [-0.1, -0.05) is 17.7 Å². The average Bonchev–Trinajstić information content (AvgIpc) is 2.59. The van der Waals surface area contributed by atoms with Gasteiger partial charge in [-0.3, -0.25) is 4.79 Å². The number of hydrogen-bond donors (Lipinski definition) is 1. The first-order valence-electron chi connectivity index (χ1n) is 9.02. The molecule has 0 aromatic heterocycles. The molecular formula is C19H31NO6S. The number of rotatable bonds is 12. The number of benzene rings is 1. The Morgan fingerprint density at radius 1 is 1.19 bits per heavy atom. The van der Waals surface area contributed by atoms with Crippen LogP contribution < -0.4 is 0 Å². The van der Waals surface area contributed by atoms with Crippen LogP contribution in [0.5, 0.6) is 0 Å². The first-order chi connectivity index (χ1) is 12.6. The fourth-order valence-corrected chi connectivity index (χ4v) is 3.54. The second kappa shape index (κ2) is 11.4. The topological polar surface area (TPSA) is 93.1 Å². The van der Waals surface area contributed by atoms with E-state index < -0.39 is 15.9 Å². The van der Waals surface area contributed by atoms with Gasteiger partial charge >= 0.3 is 0 Å². The molecular weight excluding hydrogens is 370 g/mol. The average molecular weight is 402 g/mol. The summed E-state index contributed by atoms with van der Waals surface area (Å²) >= 11 is 0. The molecule has 1 amide bonds. The maximum atomic E-state index is 12.3. The smallest absolute Gasteiger partial charge is 0.223 e. The van der Waals surface area contributed by atoms with Crippen LogP contribution >= 0.6 is 0 Å². The van der Waals surface area contributed by atoms with Crippen molar-refractivity contribution in [1.29, 1.82) is 0 Å². The van der Waals surface area contributed by atoms with Gasteiger partial charge in [-0.05, 0) is 32.9 Å². The van der Waals surface area contributed by atoms with Gasteiger partial charge in [0, 0.05) is 20.0 Å². The number of carbonyl (C=O) groups is 1. The van der Waals surface area contributed by atoms with Crippen molar-refractivity contribution in [1.82, 2.24) is 4.90 Å². The van der Waals surface area contributed by atoms with Crippen molar-refractivity contribution < 1.29 is 27.8 Å². The van der Waals surface area contributed by atoms with Crippen LogP contribution in [0.2, 0.25) is 0 Å². The van der Waals surface area contributed by atoms with Gasteiger partial charge in [0.15, 0.2) is 9.84 Å². The number of aryl methyl sites for hydroxylation is 1. The lowest BCUT2D eigenvalue weighted by atomic mass is 10.2. The van der Waals surface area contributed by atoms with E-state index in [0.717, 1.165) is 5.56 Å². The Morgan fingerprint density at radius 2 is 1.81 bits per heavy atom. The maximum absolute atomic E-state index is 12.3. The molecule has 0 radical (unpaired) electrons.